The van der Waals surface area contributed by atoms with Crippen molar-refractivity contribution in [1.82, 2.24) is 10.2 Å². The fraction of sp³-hybridized carbons (Fsp3) is 0.632. The number of hydrogen-bond acceptors (Lipinski definition) is 3. The van der Waals surface area contributed by atoms with Crippen molar-refractivity contribution in [2.75, 3.05) is 20.2 Å². The van der Waals surface area contributed by atoms with Gasteiger partial charge >= 0.3 is 6.09 Å². The minimum atomic E-state index is -0.426. The van der Waals surface area contributed by atoms with E-state index in [0.29, 0.717) is 11.1 Å². The summed E-state index contributed by atoms with van der Waals surface area (Å²) in [6.45, 7) is 10.6. The predicted molar refractivity (Wildman–Crippen MR) is 101 cm³/mol. The highest BCUT2D eigenvalue weighted by Gasteiger charge is 2.31. The molecule has 2 rings (SSSR count). The van der Waals surface area contributed by atoms with E-state index in [1.807, 2.05) is 38.1 Å². The molecule has 3 unspecified atom stereocenters. The number of rotatable bonds is 5. The molecule has 0 spiro atoms. The van der Waals surface area contributed by atoms with Crippen molar-refractivity contribution in [2.24, 2.45) is 5.92 Å². The summed E-state index contributed by atoms with van der Waals surface area (Å²) in [5.74, 6) is 0.220. The highest BCUT2D eigenvalue weighted by atomic mass is 35.5. The van der Waals surface area contributed by atoms with Gasteiger partial charge in [-0.05, 0) is 50.4 Å². The van der Waals surface area contributed by atoms with Crippen LogP contribution in [0.4, 0.5) is 4.79 Å². The van der Waals surface area contributed by atoms with E-state index in [1.165, 1.54) is 20.0 Å². The predicted octanol–water partition coefficient (Wildman–Crippen LogP) is 4.88. The summed E-state index contributed by atoms with van der Waals surface area (Å²) >= 11 is 6.35. The maximum absolute atomic E-state index is 11.8. The minimum Gasteiger partial charge on any atom is -0.453 e. The van der Waals surface area contributed by atoms with E-state index in [2.05, 4.69) is 24.1 Å². The van der Waals surface area contributed by atoms with Crippen LogP contribution in [0.15, 0.2) is 24.3 Å². The summed E-state index contributed by atoms with van der Waals surface area (Å²) in [6.07, 6.45) is 2.07. The van der Waals surface area contributed by atoms with Gasteiger partial charge in [-0.25, -0.2) is 4.79 Å². The third kappa shape index (κ3) is 5.38. The monoisotopic (exact) mass is 354 g/mol. The molecular formula is C19H31ClN2O2. The second kappa shape index (κ2) is 10.6. The molecule has 136 valence electrons. The fourth-order valence-corrected chi connectivity index (χ4v) is 3.42. The van der Waals surface area contributed by atoms with E-state index < -0.39 is 6.09 Å². The topological polar surface area (TPSA) is 41.6 Å². The number of methoxy groups -OCH3 is 1. The van der Waals surface area contributed by atoms with Gasteiger partial charge in [0.15, 0.2) is 0 Å². The number of amides is 1. The molecule has 1 aromatic carbocycles. The molecule has 0 saturated carbocycles. The lowest BCUT2D eigenvalue weighted by atomic mass is 9.88. The van der Waals surface area contributed by atoms with Crippen molar-refractivity contribution in [3.63, 3.8) is 0 Å². The van der Waals surface area contributed by atoms with Crippen molar-refractivity contribution in [3.05, 3.63) is 34.9 Å². The van der Waals surface area contributed by atoms with Crippen LogP contribution >= 0.6 is 11.6 Å². The maximum atomic E-state index is 11.8. The molecule has 0 aromatic heterocycles. The normalized spacial score (nSPS) is 18.1. The van der Waals surface area contributed by atoms with Crippen LogP contribution in [-0.4, -0.2) is 37.2 Å². The van der Waals surface area contributed by atoms with Gasteiger partial charge in [0.05, 0.1) is 13.2 Å². The Morgan fingerprint density at radius 2 is 1.79 bits per heavy atom. The Morgan fingerprint density at radius 3 is 2.33 bits per heavy atom. The van der Waals surface area contributed by atoms with Gasteiger partial charge in [0.25, 0.3) is 0 Å². The number of hydrogen-bond donors (Lipinski definition) is 1. The molecule has 24 heavy (non-hydrogen) atoms. The minimum absolute atomic E-state index is 0.170. The number of halogens is 1. The number of nitrogens with one attached hydrogen (secondary N) is 1. The number of benzene rings is 1. The number of nitrogens with zero attached hydrogens (tertiary/aromatic N) is 1. The van der Waals surface area contributed by atoms with Gasteiger partial charge in [0.1, 0.15) is 0 Å². The van der Waals surface area contributed by atoms with Crippen LogP contribution in [-0.2, 0) is 4.74 Å². The van der Waals surface area contributed by atoms with Crippen molar-refractivity contribution in [2.45, 2.75) is 52.6 Å². The average molecular weight is 355 g/mol. The highest BCUT2D eigenvalue weighted by Crippen LogP contribution is 2.32. The van der Waals surface area contributed by atoms with Crippen LogP contribution in [0.5, 0.6) is 0 Å². The third-order valence-corrected chi connectivity index (χ3v) is 5.05. The van der Waals surface area contributed by atoms with E-state index in [1.54, 1.807) is 0 Å². The molecule has 5 heteroatoms. The van der Waals surface area contributed by atoms with Crippen molar-refractivity contribution in [1.29, 1.82) is 0 Å². The smallest absolute Gasteiger partial charge is 0.407 e. The second-order valence-electron chi connectivity index (χ2n) is 5.98. The van der Waals surface area contributed by atoms with Gasteiger partial charge < -0.3 is 15.0 Å². The van der Waals surface area contributed by atoms with Crippen molar-refractivity contribution >= 4 is 17.7 Å². The summed E-state index contributed by atoms with van der Waals surface area (Å²) in [5, 5.41) is 3.63. The first kappa shape index (κ1) is 20.8. The number of likely N-dealkylation sites (tertiary alicyclic amines) is 1. The standard InChI is InChI=1S/C17H25ClN2O2.C2H6/c1-12(13(2)20-10-6-7-11-20)16(19-17(21)22-3)14-8-4-5-9-15(14)18;1-2/h4-5,8-9,12-13,16H,6-7,10-11H2,1-3H3,(H,19,21);1-2H3. The van der Waals surface area contributed by atoms with Crippen LogP contribution in [0.1, 0.15) is 52.1 Å². The molecule has 1 saturated heterocycles. The number of carbonyl (C=O) groups excluding carboxylic acids is 1. The molecule has 1 N–H and O–H groups in total. The molecule has 1 aliphatic heterocycles. The van der Waals surface area contributed by atoms with Gasteiger partial charge in [-0.3, -0.25) is 0 Å². The molecule has 0 bridgehead atoms. The number of carbonyl (C=O) groups is 1. The van der Waals surface area contributed by atoms with Crippen LogP contribution in [0.25, 0.3) is 0 Å². The average Bonchev–Trinajstić information content (AvgIpc) is 3.15. The molecule has 0 radical (unpaired) electrons. The summed E-state index contributed by atoms with van der Waals surface area (Å²) in [6, 6.07) is 7.86. The fourth-order valence-electron chi connectivity index (χ4n) is 3.17. The summed E-state index contributed by atoms with van der Waals surface area (Å²) in [4.78, 5) is 14.2. The first-order valence-electron chi connectivity index (χ1n) is 8.87. The molecule has 1 heterocycles. The Hall–Kier alpha value is -1.26. The number of ether oxygens (including phenoxy) is 1. The molecule has 4 nitrogen and oxygen atoms in total. The quantitative estimate of drug-likeness (QED) is 0.819. The maximum Gasteiger partial charge on any atom is 0.407 e. The molecule has 3 atom stereocenters. The van der Waals surface area contributed by atoms with E-state index in [9.17, 15) is 4.79 Å². The zero-order valence-corrected chi connectivity index (χ0v) is 16.3. The van der Waals surface area contributed by atoms with E-state index >= 15 is 0 Å². The molecule has 1 aromatic rings. The lowest BCUT2D eigenvalue weighted by molar-refractivity contribution is 0.142. The highest BCUT2D eigenvalue weighted by molar-refractivity contribution is 6.31. The first-order valence-corrected chi connectivity index (χ1v) is 9.25. The van der Waals surface area contributed by atoms with E-state index in [4.69, 9.17) is 16.3 Å². The lowest BCUT2D eigenvalue weighted by Crippen LogP contribution is -2.43. The molecule has 1 fully saturated rings. The summed E-state index contributed by atoms with van der Waals surface area (Å²) in [5.41, 5.74) is 0.938. The van der Waals surface area contributed by atoms with Gasteiger partial charge in [-0.15, -0.1) is 0 Å². The van der Waals surface area contributed by atoms with Crippen molar-refractivity contribution in [3.8, 4) is 0 Å². The van der Waals surface area contributed by atoms with Crippen LogP contribution < -0.4 is 5.32 Å². The van der Waals surface area contributed by atoms with E-state index in [-0.39, 0.29) is 12.0 Å². The Labute approximate surface area is 151 Å². The Balaban J connectivity index is 0.00000139. The van der Waals surface area contributed by atoms with Gasteiger partial charge in [0.2, 0.25) is 0 Å². The van der Waals surface area contributed by atoms with Crippen LogP contribution in [0.3, 0.4) is 0 Å². The molecule has 0 aliphatic carbocycles. The third-order valence-electron chi connectivity index (χ3n) is 4.70. The van der Waals surface area contributed by atoms with Gasteiger partial charge in [-0.1, -0.05) is 50.6 Å². The van der Waals surface area contributed by atoms with Crippen LogP contribution in [0.2, 0.25) is 5.02 Å². The Kier molecular flexibility index (Phi) is 9.16. The first-order chi connectivity index (χ1) is 11.5. The Morgan fingerprint density at radius 1 is 1.21 bits per heavy atom. The SMILES string of the molecule is CC.COC(=O)NC(c1ccccc1Cl)C(C)C(C)N1CCCC1. The lowest BCUT2D eigenvalue weighted by Gasteiger charge is -2.35. The number of alkyl carbamates (subject to hydrolysis) is 1. The van der Waals surface area contributed by atoms with Crippen molar-refractivity contribution < 1.29 is 9.53 Å². The molecule has 1 amide bonds. The second-order valence-corrected chi connectivity index (χ2v) is 6.39. The molecule has 1 aliphatic rings. The largest absolute Gasteiger partial charge is 0.453 e. The summed E-state index contributed by atoms with van der Waals surface area (Å²) < 4.78 is 4.79. The molecular weight excluding hydrogens is 324 g/mol. The van der Waals surface area contributed by atoms with Gasteiger partial charge in [0, 0.05) is 11.1 Å². The van der Waals surface area contributed by atoms with Crippen LogP contribution in [0, 0.1) is 5.92 Å². The Bertz CT molecular complexity index is 504. The zero-order valence-electron chi connectivity index (χ0n) is 15.5. The van der Waals surface area contributed by atoms with E-state index in [0.717, 1.165) is 18.7 Å². The van der Waals surface area contributed by atoms with Gasteiger partial charge in [-0.2, -0.15) is 0 Å². The summed E-state index contributed by atoms with van der Waals surface area (Å²) in [7, 11) is 1.38. The zero-order chi connectivity index (χ0) is 18.1.